The van der Waals surface area contributed by atoms with Gasteiger partial charge in [0.25, 0.3) is 0 Å². The zero-order valence-corrected chi connectivity index (χ0v) is 10.8. The van der Waals surface area contributed by atoms with Crippen LogP contribution < -0.4 is 4.74 Å². The summed E-state index contributed by atoms with van der Waals surface area (Å²) >= 11 is 5.51. The summed E-state index contributed by atoms with van der Waals surface area (Å²) in [6, 6.07) is 4.41. The van der Waals surface area contributed by atoms with Crippen LogP contribution in [-0.4, -0.2) is 21.7 Å². The Kier molecular flexibility index (Phi) is 3.96. The second-order valence-electron chi connectivity index (χ2n) is 3.65. The van der Waals surface area contributed by atoms with E-state index in [0.717, 1.165) is 6.42 Å². The van der Waals surface area contributed by atoms with Gasteiger partial charge >= 0.3 is 11.0 Å². The van der Waals surface area contributed by atoms with Crippen LogP contribution in [0.15, 0.2) is 22.6 Å². The average molecular weight is 284 g/mol. The van der Waals surface area contributed by atoms with Crippen molar-refractivity contribution in [2.24, 2.45) is 0 Å². The third kappa shape index (κ3) is 3.00. The molecule has 7 nitrogen and oxygen atoms in total. The van der Waals surface area contributed by atoms with E-state index in [9.17, 15) is 10.1 Å². The fourth-order valence-corrected chi connectivity index (χ4v) is 1.56. The van der Waals surface area contributed by atoms with Crippen molar-refractivity contribution < 1.29 is 14.1 Å². The van der Waals surface area contributed by atoms with Gasteiger partial charge in [0.2, 0.25) is 5.89 Å². The summed E-state index contributed by atoms with van der Waals surface area (Å²) in [4.78, 5) is 10.5. The first-order valence-electron chi connectivity index (χ1n) is 5.52. The van der Waals surface area contributed by atoms with Crippen molar-refractivity contribution >= 4 is 17.3 Å². The highest BCUT2D eigenvalue weighted by atomic mass is 35.5. The molecule has 0 radical (unpaired) electrons. The minimum absolute atomic E-state index is 0.121. The molecule has 2 aromatic rings. The molecule has 2 rings (SSSR count). The number of halogens is 1. The lowest BCUT2D eigenvalue weighted by molar-refractivity contribution is -0.385. The SMILES string of the molecule is CCCOc1ccc(-c2nnc(Cl)o2)cc1[N+](=O)[O-]. The van der Waals surface area contributed by atoms with E-state index < -0.39 is 4.92 Å². The number of benzene rings is 1. The summed E-state index contributed by atoms with van der Waals surface area (Å²) in [6.45, 7) is 2.33. The van der Waals surface area contributed by atoms with E-state index in [1.165, 1.54) is 12.1 Å². The van der Waals surface area contributed by atoms with Gasteiger partial charge < -0.3 is 9.15 Å². The molecule has 0 atom stereocenters. The Labute approximate surface area is 113 Å². The van der Waals surface area contributed by atoms with Gasteiger partial charge in [0.15, 0.2) is 5.75 Å². The number of aromatic nitrogens is 2. The molecule has 19 heavy (non-hydrogen) atoms. The van der Waals surface area contributed by atoms with E-state index in [-0.39, 0.29) is 22.7 Å². The van der Waals surface area contributed by atoms with Crippen LogP contribution in [0.2, 0.25) is 5.35 Å². The Hall–Kier alpha value is -2.15. The summed E-state index contributed by atoms with van der Waals surface area (Å²) in [5, 5.41) is 18.0. The number of nitrogens with zero attached hydrogens (tertiary/aromatic N) is 3. The maximum Gasteiger partial charge on any atom is 0.313 e. The number of ether oxygens (including phenoxy) is 1. The third-order valence-corrected chi connectivity index (χ3v) is 2.42. The largest absolute Gasteiger partial charge is 0.487 e. The van der Waals surface area contributed by atoms with Gasteiger partial charge in [0, 0.05) is 11.6 Å². The minimum atomic E-state index is -0.521. The molecule has 0 saturated carbocycles. The van der Waals surface area contributed by atoms with Gasteiger partial charge in [0.1, 0.15) is 0 Å². The van der Waals surface area contributed by atoms with Crippen molar-refractivity contribution in [3.8, 4) is 17.2 Å². The quantitative estimate of drug-likeness (QED) is 0.618. The summed E-state index contributed by atoms with van der Waals surface area (Å²) in [5.74, 6) is 0.330. The number of nitro groups is 1. The summed E-state index contributed by atoms with van der Waals surface area (Å²) in [7, 11) is 0. The lowest BCUT2D eigenvalue weighted by Crippen LogP contribution is -1.99. The van der Waals surface area contributed by atoms with Gasteiger partial charge in [-0.2, -0.15) is 0 Å². The number of nitro benzene ring substituents is 1. The molecule has 0 aliphatic carbocycles. The van der Waals surface area contributed by atoms with E-state index in [1.807, 2.05) is 6.92 Å². The predicted octanol–water partition coefficient (Wildman–Crippen LogP) is 3.09. The molecule has 0 unspecified atom stereocenters. The van der Waals surface area contributed by atoms with Gasteiger partial charge in [-0.25, -0.2) is 0 Å². The Morgan fingerprint density at radius 2 is 2.26 bits per heavy atom. The van der Waals surface area contributed by atoms with Crippen LogP contribution in [0.5, 0.6) is 5.75 Å². The monoisotopic (exact) mass is 283 g/mol. The molecule has 0 aliphatic heterocycles. The van der Waals surface area contributed by atoms with Crippen molar-refractivity contribution in [2.75, 3.05) is 6.61 Å². The molecule has 100 valence electrons. The van der Waals surface area contributed by atoms with Crippen LogP contribution in [0.1, 0.15) is 13.3 Å². The van der Waals surface area contributed by atoms with Crippen molar-refractivity contribution in [2.45, 2.75) is 13.3 Å². The van der Waals surface area contributed by atoms with E-state index in [1.54, 1.807) is 6.07 Å². The van der Waals surface area contributed by atoms with Crippen molar-refractivity contribution in [3.05, 3.63) is 33.7 Å². The number of rotatable bonds is 5. The Morgan fingerprint density at radius 1 is 1.47 bits per heavy atom. The van der Waals surface area contributed by atoms with Crippen LogP contribution in [-0.2, 0) is 0 Å². The molecule has 0 amide bonds. The maximum atomic E-state index is 11.0. The standard InChI is InChI=1S/C11H10ClN3O4/c1-2-5-18-9-4-3-7(6-8(9)15(16)17)10-13-14-11(12)19-10/h3-4,6H,2,5H2,1H3. The van der Waals surface area contributed by atoms with E-state index >= 15 is 0 Å². The van der Waals surface area contributed by atoms with Gasteiger partial charge in [-0.1, -0.05) is 12.0 Å². The summed E-state index contributed by atoms with van der Waals surface area (Å²) < 4.78 is 10.3. The molecule has 1 heterocycles. The molecule has 8 heteroatoms. The van der Waals surface area contributed by atoms with Gasteiger partial charge in [0.05, 0.1) is 11.5 Å². The zero-order chi connectivity index (χ0) is 13.8. The molecule has 1 aromatic carbocycles. The first kappa shape index (κ1) is 13.3. The first-order chi connectivity index (χ1) is 9.11. The molecule has 0 fully saturated rings. The Morgan fingerprint density at radius 3 is 2.84 bits per heavy atom. The Bertz CT molecular complexity index is 599. The molecule has 0 bridgehead atoms. The first-order valence-corrected chi connectivity index (χ1v) is 5.90. The van der Waals surface area contributed by atoms with Crippen molar-refractivity contribution in [1.82, 2.24) is 10.2 Å². The van der Waals surface area contributed by atoms with Crippen LogP contribution in [0.3, 0.4) is 0 Å². The zero-order valence-electron chi connectivity index (χ0n) is 10.00. The molecular weight excluding hydrogens is 274 g/mol. The molecule has 0 spiro atoms. The fraction of sp³-hybridized carbons (Fsp3) is 0.273. The van der Waals surface area contributed by atoms with Crippen LogP contribution in [0.4, 0.5) is 5.69 Å². The highest BCUT2D eigenvalue weighted by molar-refractivity contribution is 6.27. The van der Waals surface area contributed by atoms with Crippen molar-refractivity contribution in [1.29, 1.82) is 0 Å². The predicted molar refractivity (Wildman–Crippen MR) is 67.2 cm³/mol. The average Bonchev–Trinajstić information content (AvgIpc) is 2.82. The highest BCUT2D eigenvalue weighted by Gasteiger charge is 2.18. The second kappa shape index (κ2) is 5.66. The lowest BCUT2D eigenvalue weighted by atomic mass is 10.2. The van der Waals surface area contributed by atoms with Crippen LogP contribution in [0.25, 0.3) is 11.5 Å². The van der Waals surface area contributed by atoms with Gasteiger partial charge in [-0.05, 0) is 30.2 Å². The normalized spacial score (nSPS) is 10.4. The summed E-state index contributed by atoms with van der Waals surface area (Å²) in [5.41, 5.74) is 0.259. The van der Waals surface area contributed by atoms with Gasteiger partial charge in [-0.15, -0.1) is 5.10 Å². The molecule has 0 saturated heterocycles. The third-order valence-electron chi connectivity index (χ3n) is 2.26. The van der Waals surface area contributed by atoms with E-state index in [4.69, 9.17) is 20.8 Å². The van der Waals surface area contributed by atoms with Crippen LogP contribution >= 0.6 is 11.6 Å². The molecule has 1 aromatic heterocycles. The fourth-order valence-electron chi connectivity index (χ4n) is 1.45. The minimum Gasteiger partial charge on any atom is -0.487 e. The molecular formula is C11H10ClN3O4. The summed E-state index contributed by atoms with van der Waals surface area (Å²) in [6.07, 6.45) is 0.762. The lowest BCUT2D eigenvalue weighted by Gasteiger charge is -2.05. The van der Waals surface area contributed by atoms with Crippen molar-refractivity contribution in [3.63, 3.8) is 0 Å². The van der Waals surface area contributed by atoms with E-state index in [0.29, 0.717) is 12.2 Å². The van der Waals surface area contributed by atoms with Gasteiger partial charge in [-0.3, -0.25) is 10.1 Å². The molecule has 0 aliphatic rings. The van der Waals surface area contributed by atoms with E-state index in [2.05, 4.69) is 10.2 Å². The second-order valence-corrected chi connectivity index (χ2v) is 3.97. The van der Waals surface area contributed by atoms with Crippen LogP contribution in [0, 0.1) is 10.1 Å². The highest BCUT2D eigenvalue weighted by Crippen LogP contribution is 2.32. The number of hydrogen-bond donors (Lipinski definition) is 0. The molecule has 0 N–H and O–H groups in total. The smallest absolute Gasteiger partial charge is 0.313 e. The topological polar surface area (TPSA) is 91.3 Å². The maximum absolute atomic E-state index is 11.0. The number of hydrogen-bond acceptors (Lipinski definition) is 6. The Balaban J connectivity index is 2.38.